The van der Waals surface area contributed by atoms with E-state index >= 15 is 0 Å². The molecule has 0 fully saturated rings. The van der Waals surface area contributed by atoms with E-state index in [0.29, 0.717) is 0 Å². The summed E-state index contributed by atoms with van der Waals surface area (Å²) < 4.78 is 0. The molecule has 8 aromatic rings. The highest BCUT2D eigenvalue weighted by Crippen LogP contribution is 2.54. The highest BCUT2D eigenvalue weighted by molar-refractivity contribution is 6.06. The zero-order valence-electron chi connectivity index (χ0n) is 29.5. The molecule has 8 aromatic carbocycles. The molecule has 1 heteroatoms. The Bertz CT molecular complexity index is 2690. The second-order valence-electron chi connectivity index (χ2n) is 15.4. The number of nitrogens with zero attached hydrogens (tertiary/aromatic N) is 1. The summed E-state index contributed by atoms with van der Waals surface area (Å²) in [5, 5.41) is 5.06. The van der Waals surface area contributed by atoms with Crippen molar-refractivity contribution in [3.63, 3.8) is 0 Å². The summed E-state index contributed by atoms with van der Waals surface area (Å²) in [5.41, 5.74) is 16.7. The highest BCUT2D eigenvalue weighted by atomic mass is 15.1. The predicted octanol–water partition coefficient (Wildman–Crippen LogP) is 13.7. The minimum atomic E-state index is -0.102. The summed E-state index contributed by atoms with van der Waals surface area (Å²) in [6, 6.07) is 61.1. The third-order valence-electron chi connectivity index (χ3n) is 11.8. The van der Waals surface area contributed by atoms with E-state index in [9.17, 15) is 0 Å². The summed E-state index contributed by atoms with van der Waals surface area (Å²) in [7, 11) is 0. The zero-order chi connectivity index (χ0) is 34.5. The first-order valence-corrected chi connectivity index (χ1v) is 18.1. The van der Waals surface area contributed by atoms with E-state index in [4.69, 9.17) is 0 Å². The largest absolute Gasteiger partial charge is 0.310 e. The van der Waals surface area contributed by atoms with E-state index in [1.807, 2.05) is 0 Å². The molecule has 0 aliphatic heterocycles. The maximum Gasteiger partial charge on any atom is 0.0540 e. The van der Waals surface area contributed by atoms with Crippen LogP contribution in [0, 0.1) is 0 Å². The van der Waals surface area contributed by atoms with Crippen molar-refractivity contribution in [1.82, 2.24) is 0 Å². The molecule has 0 radical (unpaired) electrons. The van der Waals surface area contributed by atoms with Gasteiger partial charge in [0.2, 0.25) is 0 Å². The van der Waals surface area contributed by atoms with Gasteiger partial charge in [0.1, 0.15) is 0 Å². The van der Waals surface area contributed by atoms with Gasteiger partial charge in [0.05, 0.1) is 5.69 Å². The van der Waals surface area contributed by atoms with Crippen molar-refractivity contribution < 1.29 is 0 Å². The van der Waals surface area contributed by atoms with Gasteiger partial charge in [0.25, 0.3) is 0 Å². The molecule has 0 amide bonds. The molecule has 0 unspecified atom stereocenters. The molecule has 0 N–H and O–H groups in total. The van der Waals surface area contributed by atoms with Crippen molar-refractivity contribution in [1.29, 1.82) is 0 Å². The van der Waals surface area contributed by atoms with Crippen LogP contribution in [0.25, 0.3) is 54.9 Å². The van der Waals surface area contributed by atoms with Crippen LogP contribution in [-0.4, -0.2) is 0 Å². The van der Waals surface area contributed by atoms with Crippen LogP contribution >= 0.6 is 0 Å². The SMILES string of the molecule is CC1(C)c2ccccc2-c2ccc(N(c3ccc4c(c3)-c3cc5ccccc5cc3C4(C)C)c3cccc4c(-c5ccccc5)cccc34)cc21. The minimum absolute atomic E-state index is 0.0918. The standard InChI is InChI=1S/C50H39N/c1-49(2)44-22-11-10-18-39(44)40-26-24-36(31-47(40)49)51(48-23-13-20-38-37(19-12-21-41(38)48)32-14-6-5-7-15-32)35-25-27-45-43(30-35)42-28-33-16-8-9-17-34(33)29-46(42)50(45,3)4/h5-31H,1-4H3. The van der Waals surface area contributed by atoms with E-state index < -0.39 is 0 Å². The zero-order valence-corrected chi connectivity index (χ0v) is 29.5. The lowest BCUT2D eigenvalue weighted by atomic mass is 9.82. The van der Waals surface area contributed by atoms with Gasteiger partial charge in [0.15, 0.2) is 0 Å². The fraction of sp³-hybridized carbons (Fsp3) is 0.120. The van der Waals surface area contributed by atoms with Crippen LogP contribution in [0.2, 0.25) is 0 Å². The number of fused-ring (bicyclic) bond motifs is 8. The fourth-order valence-corrected chi connectivity index (χ4v) is 9.18. The van der Waals surface area contributed by atoms with Gasteiger partial charge in [-0.3, -0.25) is 0 Å². The van der Waals surface area contributed by atoms with Crippen molar-refractivity contribution in [2.75, 3.05) is 4.90 Å². The van der Waals surface area contributed by atoms with Crippen LogP contribution in [-0.2, 0) is 10.8 Å². The van der Waals surface area contributed by atoms with E-state index in [1.165, 1.54) is 88.6 Å². The molecule has 244 valence electrons. The van der Waals surface area contributed by atoms with Crippen LogP contribution in [0.15, 0.2) is 164 Å². The van der Waals surface area contributed by atoms with Crippen LogP contribution < -0.4 is 4.90 Å². The summed E-state index contributed by atoms with van der Waals surface area (Å²) in [6.45, 7) is 9.49. The lowest BCUT2D eigenvalue weighted by molar-refractivity contribution is 0.660. The smallest absolute Gasteiger partial charge is 0.0540 e. The third-order valence-corrected chi connectivity index (χ3v) is 11.8. The maximum atomic E-state index is 2.50. The molecule has 51 heavy (non-hydrogen) atoms. The molecule has 10 rings (SSSR count). The number of rotatable bonds is 4. The third kappa shape index (κ3) is 4.34. The quantitative estimate of drug-likeness (QED) is 0.183. The maximum absolute atomic E-state index is 2.50. The summed E-state index contributed by atoms with van der Waals surface area (Å²) in [6.07, 6.45) is 0. The Morgan fingerprint density at radius 2 is 0.922 bits per heavy atom. The molecule has 0 atom stereocenters. The van der Waals surface area contributed by atoms with Crippen molar-refractivity contribution in [2.45, 2.75) is 38.5 Å². The van der Waals surface area contributed by atoms with Crippen molar-refractivity contribution in [2.24, 2.45) is 0 Å². The van der Waals surface area contributed by atoms with Crippen molar-refractivity contribution in [3.05, 3.63) is 186 Å². The topological polar surface area (TPSA) is 3.24 Å². The first kappa shape index (κ1) is 29.9. The molecule has 0 saturated heterocycles. The highest BCUT2D eigenvalue weighted by Gasteiger charge is 2.38. The van der Waals surface area contributed by atoms with Gasteiger partial charge in [-0.15, -0.1) is 0 Å². The van der Waals surface area contributed by atoms with E-state index in [0.717, 1.165) is 5.69 Å². The lowest BCUT2D eigenvalue weighted by Gasteiger charge is -2.30. The first-order chi connectivity index (χ1) is 24.8. The van der Waals surface area contributed by atoms with Crippen LogP contribution in [0.3, 0.4) is 0 Å². The predicted molar refractivity (Wildman–Crippen MR) is 217 cm³/mol. The number of benzene rings is 8. The summed E-state index contributed by atoms with van der Waals surface area (Å²) >= 11 is 0. The summed E-state index contributed by atoms with van der Waals surface area (Å²) in [4.78, 5) is 2.50. The van der Waals surface area contributed by atoms with Gasteiger partial charge >= 0.3 is 0 Å². The van der Waals surface area contributed by atoms with Gasteiger partial charge in [-0.2, -0.15) is 0 Å². The Kier molecular flexibility index (Phi) is 6.34. The molecule has 0 heterocycles. The lowest BCUT2D eigenvalue weighted by Crippen LogP contribution is -2.17. The number of anilines is 3. The van der Waals surface area contributed by atoms with Crippen LogP contribution in [0.1, 0.15) is 49.9 Å². The van der Waals surface area contributed by atoms with Crippen molar-refractivity contribution >= 4 is 38.6 Å². The summed E-state index contributed by atoms with van der Waals surface area (Å²) in [5.74, 6) is 0. The average Bonchev–Trinajstić information content (AvgIpc) is 3.53. The molecule has 0 saturated carbocycles. The minimum Gasteiger partial charge on any atom is -0.310 e. The molecule has 2 aliphatic carbocycles. The van der Waals surface area contributed by atoms with Crippen molar-refractivity contribution in [3.8, 4) is 33.4 Å². The van der Waals surface area contributed by atoms with Gasteiger partial charge in [-0.25, -0.2) is 0 Å². The Morgan fingerprint density at radius 3 is 1.75 bits per heavy atom. The molecular formula is C50H39N. The van der Waals surface area contributed by atoms with Gasteiger partial charge in [0, 0.05) is 27.6 Å². The van der Waals surface area contributed by atoms with Gasteiger partial charge < -0.3 is 4.90 Å². The van der Waals surface area contributed by atoms with E-state index in [2.05, 4.69) is 196 Å². The Labute approximate surface area is 300 Å². The second-order valence-corrected chi connectivity index (χ2v) is 15.4. The molecule has 0 spiro atoms. The monoisotopic (exact) mass is 653 g/mol. The Hall–Kier alpha value is -5.92. The van der Waals surface area contributed by atoms with Crippen LogP contribution in [0.4, 0.5) is 17.1 Å². The average molecular weight is 654 g/mol. The fourth-order valence-electron chi connectivity index (χ4n) is 9.18. The normalized spacial score (nSPS) is 14.6. The first-order valence-electron chi connectivity index (χ1n) is 18.1. The van der Waals surface area contributed by atoms with Crippen LogP contribution in [0.5, 0.6) is 0 Å². The van der Waals surface area contributed by atoms with E-state index in [1.54, 1.807) is 0 Å². The molecule has 1 nitrogen and oxygen atoms in total. The molecule has 0 bridgehead atoms. The van der Waals surface area contributed by atoms with Gasteiger partial charge in [-0.1, -0.05) is 149 Å². The molecule has 2 aliphatic rings. The molecular weight excluding hydrogens is 615 g/mol. The van der Waals surface area contributed by atoms with E-state index in [-0.39, 0.29) is 10.8 Å². The number of hydrogen-bond acceptors (Lipinski definition) is 1. The Balaban J connectivity index is 1.23. The van der Waals surface area contributed by atoms with Gasteiger partial charge in [-0.05, 0) is 114 Å². The molecule has 0 aromatic heterocycles. The second kappa shape index (κ2) is 10.8. The number of hydrogen-bond donors (Lipinski definition) is 0. The Morgan fingerprint density at radius 1 is 0.353 bits per heavy atom.